The van der Waals surface area contributed by atoms with E-state index >= 15 is 0 Å². The van der Waals surface area contributed by atoms with Gasteiger partial charge in [-0.3, -0.25) is 0 Å². The van der Waals surface area contributed by atoms with Crippen molar-refractivity contribution < 1.29 is 0 Å². The molecule has 1 aliphatic rings. The van der Waals surface area contributed by atoms with E-state index in [0.717, 1.165) is 18.4 Å². The van der Waals surface area contributed by atoms with Crippen LogP contribution in [0.4, 0.5) is 0 Å². The first kappa shape index (κ1) is 8.06. The van der Waals surface area contributed by atoms with E-state index in [4.69, 9.17) is 5.73 Å². The van der Waals surface area contributed by atoms with Crippen LogP contribution in [0.15, 0.2) is 0 Å². The summed E-state index contributed by atoms with van der Waals surface area (Å²) in [7, 11) is 0. The van der Waals surface area contributed by atoms with Gasteiger partial charge in [-0.2, -0.15) is 0 Å². The largest absolute Gasteiger partial charge is 0.330 e. The molecular formula is C9H19N. The molecule has 0 heterocycles. The summed E-state index contributed by atoms with van der Waals surface area (Å²) in [6.45, 7) is 3.17. The molecule has 10 heavy (non-hydrogen) atoms. The minimum Gasteiger partial charge on any atom is -0.330 e. The molecule has 1 fully saturated rings. The molecule has 1 unspecified atom stereocenters. The Labute approximate surface area is 64.0 Å². The Morgan fingerprint density at radius 2 is 2.20 bits per heavy atom. The Morgan fingerprint density at radius 3 is 2.50 bits per heavy atom. The monoisotopic (exact) mass is 141 g/mol. The molecule has 2 N–H and O–H groups in total. The minimum absolute atomic E-state index is 0.846. The average Bonchev–Trinajstić information content (AvgIpc) is 1.83. The van der Waals surface area contributed by atoms with Gasteiger partial charge < -0.3 is 5.73 Å². The lowest BCUT2D eigenvalue weighted by molar-refractivity contribution is 0.200. The zero-order chi connectivity index (χ0) is 7.40. The highest BCUT2D eigenvalue weighted by Crippen LogP contribution is 2.34. The van der Waals surface area contributed by atoms with Crippen LogP contribution >= 0.6 is 0 Å². The molecule has 1 nitrogen and oxygen atoms in total. The second-order valence-corrected chi connectivity index (χ2v) is 3.48. The van der Waals surface area contributed by atoms with Crippen LogP contribution in [0.25, 0.3) is 0 Å². The van der Waals surface area contributed by atoms with E-state index in [9.17, 15) is 0 Å². The Hall–Kier alpha value is -0.0400. The van der Waals surface area contributed by atoms with Crippen molar-refractivity contribution in [1.29, 1.82) is 0 Å². The fraction of sp³-hybridized carbons (Fsp3) is 1.00. The van der Waals surface area contributed by atoms with Gasteiger partial charge in [0, 0.05) is 0 Å². The fourth-order valence-corrected chi connectivity index (χ4v) is 1.83. The van der Waals surface area contributed by atoms with Gasteiger partial charge in [0.25, 0.3) is 0 Å². The molecule has 0 aromatic heterocycles. The summed E-state index contributed by atoms with van der Waals surface area (Å²) in [5.74, 6) is 1.84. The molecule has 1 aliphatic carbocycles. The topological polar surface area (TPSA) is 26.0 Å². The van der Waals surface area contributed by atoms with Crippen molar-refractivity contribution in [3.8, 4) is 0 Å². The molecule has 0 spiro atoms. The van der Waals surface area contributed by atoms with E-state index in [2.05, 4.69) is 6.92 Å². The molecule has 1 saturated carbocycles. The maximum Gasteiger partial charge on any atom is -0.00462 e. The highest BCUT2D eigenvalue weighted by molar-refractivity contribution is 4.77. The number of hydrogen-bond donors (Lipinski definition) is 1. The molecule has 0 aliphatic heterocycles. The quantitative estimate of drug-likeness (QED) is 0.638. The molecule has 0 amide bonds. The Kier molecular flexibility index (Phi) is 3.20. The summed E-state index contributed by atoms with van der Waals surface area (Å²) >= 11 is 0. The van der Waals surface area contributed by atoms with Crippen LogP contribution in [0.3, 0.4) is 0 Å². The summed E-state index contributed by atoms with van der Waals surface area (Å²) in [6.07, 6.45) is 6.99. The molecule has 60 valence electrons. The van der Waals surface area contributed by atoms with Crippen LogP contribution in [0, 0.1) is 11.8 Å². The van der Waals surface area contributed by atoms with Gasteiger partial charge in [-0.05, 0) is 24.8 Å². The molecule has 1 heteroatoms. The molecule has 1 rings (SSSR count). The number of rotatable bonds is 4. The van der Waals surface area contributed by atoms with Gasteiger partial charge in [0.2, 0.25) is 0 Å². The lowest BCUT2D eigenvalue weighted by atomic mass is 9.74. The highest BCUT2D eigenvalue weighted by atomic mass is 14.6. The average molecular weight is 141 g/mol. The molecule has 0 bridgehead atoms. The standard InChI is InChI=1S/C9H19N/c1-2-4-9(7-10)8-5-3-6-8/h8-9H,2-7,10H2,1H3. The molecule has 0 aromatic rings. The molecular weight excluding hydrogens is 122 g/mol. The third-order valence-corrected chi connectivity index (χ3v) is 2.78. The maximum atomic E-state index is 5.67. The predicted octanol–water partition coefficient (Wildman–Crippen LogP) is 2.16. The van der Waals surface area contributed by atoms with Gasteiger partial charge in [0.1, 0.15) is 0 Å². The summed E-state index contributed by atoms with van der Waals surface area (Å²) in [5, 5.41) is 0. The van der Waals surface area contributed by atoms with Crippen molar-refractivity contribution in [3.05, 3.63) is 0 Å². The van der Waals surface area contributed by atoms with Crippen molar-refractivity contribution >= 4 is 0 Å². The third kappa shape index (κ3) is 1.72. The van der Waals surface area contributed by atoms with Crippen molar-refractivity contribution in [3.63, 3.8) is 0 Å². The van der Waals surface area contributed by atoms with Crippen molar-refractivity contribution in [1.82, 2.24) is 0 Å². The van der Waals surface area contributed by atoms with E-state index in [1.165, 1.54) is 32.1 Å². The van der Waals surface area contributed by atoms with E-state index in [-0.39, 0.29) is 0 Å². The Balaban J connectivity index is 2.17. The normalized spacial score (nSPS) is 22.2. The van der Waals surface area contributed by atoms with E-state index in [0.29, 0.717) is 0 Å². The smallest absolute Gasteiger partial charge is 0.00462 e. The number of nitrogens with two attached hydrogens (primary N) is 1. The second kappa shape index (κ2) is 3.97. The van der Waals surface area contributed by atoms with Crippen LogP contribution in [-0.4, -0.2) is 6.54 Å². The Bertz CT molecular complexity index is 86.7. The van der Waals surface area contributed by atoms with E-state index in [1.54, 1.807) is 0 Å². The first-order valence-corrected chi connectivity index (χ1v) is 4.58. The first-order chi connectivity index (χ1) is 4.88. The van der Waals surface area contributed by atoms with Crippen LogP contribution < -0.4 is 5.73 Å². The lowest BCUT2D eigenvalue weighted by Gasteiger charge is -2.32. The van der Waals surface area contributed by atoms with Crippen LogP contribution in [0.5, 0.6) is 0 Å². The van der Waals surface area contributed by atoms with Crippen LogP contribution in [0.2, 0.25) is 0 Å². The fourth-order valence-electron chi connectivity index (χ4n) is 1.83. The van der Waals surface area contributed by atoms with Crippen molar-refractivity contribution in [2.75, 3.05) is 6.54 Å². The Morgan fingerprint density at radius 1 is 1.50 bits per heavy atom. The highest BCUT2D eigenvalue weighted by Gasteiger charge is 2.24. The van der Waals surface area contributed by atoms with Gasteiger partial charge in [0.15, 0.2) is 0 Å². The van der Waals surface area contributed by atoms with Crippen LogP contribution in [0.1, 0.15) is 39.0 Å². The summed E-state index contributed by atoms with van der Waals surface area (Å²) in [6, 6.07) is 0. The van der Waals surface area contributed by atoms with E-state index < -0.39 is 0 Å². The molecule has 0 aromatic carbocycles. The van der Waals surface area contributed by atoms with Gasteiger partial charge >= 0.3 is 0 Å². The number of hydrogen-bond acceptors (Lipinski definition) is 1. The third-order valence-electron chi connectivity index (χ3n) is 2.78. The first-order valence-electron chi connectivity index (χ1n) is 4.58. The van der Waals surface area contributed by atoms with Gasteiger partial charge in [-0.1, -0.05) is 32.6 Å². The van der Waals surface area contributed by atoms with Crippen molar-refractivity contribution in [2.45, 2.75) is 39.0 Å². The van der Waals surface area contributed by atoms with Crippen molar-refractivity contribution in [2.24, 2.45) is 17.6 Å². The summed E-state index contributed by atoms with van der Waals surface area (Å²) < 4.78 is 0. The van der Waals surface area contributed by atoms with Gasteiger partial charge in [0.05, 0.1) is 0 Å². The summed E-state index contributed by atoms with van der Waals surface area (Å²) in [5.41, 5.74) is 5.67. The predicted molar refractivity (Wildman–Crippen MR) is 44.8 cm³/mol. The zero-order valence-electron chi connectivity index (χ0n) is 6.97. The second-order valence-electron chi connectivity index (χ2n) is 3.48. The zero-order valence-corrected chi connectivity index (χ0v) is 6.97. The molecule has 0 radical (unpaired) electrons. The van der Waals surface area contributed by atoms with Gasteiger partial charge in [-0.25, -0.2) is 0 Å². The summed E-state index contributed by atoms with van der Waals surface area (Å²) in [4.78, 5) is 0. The van der Waals surface area contributed by atoms with E-state index in [1.807, 2.05) is 0 Å². The van der Waals surface area contributed by atoms with Crippen LogP contribution in [-0.2, 0) is 0 Å². The van der Waals surface area contributed by atoms with Gasteiger partial charge in [-0.15, -0.1) is 0 Å². The maximum absolute atomic E-state index is 5.67. The minimum atomic E-state index is 0.846. The molecule has 1 atom stereocenters. The SMILES string of the molecule is CCCC(CN)C1CCC1. The lowest BCUT2D eigenvalue weighted by Crippen LogP contribution is -2.28. The molecule has 0 saturated heterocycles.